The van der Waals surface area contributed by atoms with Gasteiger partial charge in [-0.1, -0.05) is 44.2 Å². The topological polar surface area (TPSA) is 9.23 Å². The molecule has 1 aliphatic carbocycles. The fraction of sp³-hybridized carbons (Fsp3) is 0.455. The Kier molecular flexibility index (Phi) is 3.57. The highest BCUT2D eigenvalue weighted by molar-refractivity contribution is 5.75. The average molecular weight is 306 g/mol. The van der Waals surface area contributed by atoms with Crippen LogP contribution in [0.3, 0.4) is 0 Å². The Morgan fingerprint density at radius 2 is 2.00 bits per heavy atom. The Hall–Kier alpha value is -1.60. The molecule has 1 aromatic carbocycles. The third-order valence-corrected chi connectivity index (χ3v) is 5.56. The monoisotopic (exact) mass is 306 g/mol. The second-order valence-electron chi connectivity index (χ2n) is 8.05. The number of fused-ring (bicyclic) bond motifs is 2. The third-order valence-electron chi connectivity index (χ3n) is 5.56. The molecule has 1 aromatic rings. The highest BCUT2D eigenvalue weighted by Crippen LogP contribution is 2.40. The minimum atomic E-state index is 0.184. The molecule has 2 heterocycles. The lowest BCUT2D eigenvalue weighted by atomic mass is 9.76. The van der Waals surface area contributed by atoms with Crippen molar-refractivity contribution in [3.8, 4) is 0 Å². The van der Waals surface area contributed by atoms with E-state index in [9.17, 15) is 0 Å². The van der Waals surface area contributed by atoms with Crippen molar-refractivity contribution in [2.45, 2.75) is 58.7 Å². The van der Waals surface area contributed by atoms with Gasteiger partial charge in [0.15, 0.2) is 0 Å². The summed E-state index contributed by atoms with van der Waals surface area (Å²) in [6, 6.07) is 6.98. The zero-order valence-corrected chi connectivity index (χ0v) is 14.4. The predicted octanol–water partition coefficient (Wildman–Crippen LogP) is 5.70. The number of hydrogen-bond donors (Lipinski definition) is 0. The van der Waals surface area contributed by atoms with Crippen LogP contribution >= 0.6 is 0 Å². The third kappa shape index (κ3) is 2.95. The molecule has 23 heavy (non-hydrogen) atoms. The minimum absolute atomic E-state index is 0.184. The molecule has 3 aliphatic rings. The van der Waals surface area contributed by atoms with Gasteiger partial charge in [0.05, 0.1) is 12.2 Å². The molecular formula is C22H26O. The van der Waals surface area contributed by atoms with Crippen LogP contribution in [0.2, 0.25) is 0 Å². The van der Waals surface area contributed by atoms with Gasteiger partial charge in [-0.25, -0.2) is 0 Å². The van der Waals surface area contributed by atoms with Gasteiger partial charge < -0.3 is 4.74 Å². The first-order valence-electron chi connectivity index (χ1n) is 8.85. The van der Waals surface area contributed by atoms with E-state index in [-0.39, 0.29) is 12.2 Å². The number of ether oxygens (including phenoxy) is 1. The first kappa shape index (κ1) is 15.0. The maximum atomic E-state index is 5.84. The van der Waals surface area contributed by atoms with Crippen molar-refractivity contribution < 1.29 is 4.74 Å². The van der Waals surface area contributed by atoms with E-state index in [1.165, 1.54) is 47.1 Å². The highest BCUT2D eigenvalue weighted by atomic mass is 16.5. The lowest BCUT2D eigenvalue weighted by Crippen LogP contribution is -2.17. The molecule has 1 nitrogen and oxygen atoms in total. The van der Waals surface area contributed by atoms with Gasteiger partial charge in [0, 0.05) is 6.42 Å². The highest BCUT2D eigenvalue weighted by Gasteiger charge is 2.26. The number of benzene rings is 1. The molecule has 2 bridgehead atoms. The zero-order valence-electron chi connectivity index (χ0n) is 14.4. The molecule has 1 heteroatoms. The van der Waals surface area contributed by atoms with Gasteiger partial charge in [0.25, 0.3) is 0 Å². The van der Waals surface area contributed by atoms with E-state index in [1.54, 1.807) is 0 Å². The predicted molar refractivity (Wildman–Crippen MR) is 97.2 cm³/mol. The first-order chi connectivity index (χ1) is 11.0. The summed E-state index contributed by atoms with van der Waals surface area (Å²) >= 11 is 0. The van der Waals surface area contributed by atoms with E-state index in [0.717, 1.165) is 6.42 Å². The number of hydrogen-bond acceptors (Lipinski definition) is 1. The Balaban J connectivity index is 1.66. The van der Waals surface area contributed by atoms with Crippen LogP contribution in [-0.4, -0.2) is 12.2 Å². The Labute approximate surface area is 139 Å². The van der Waals surface area contributed by atoms with Crippen molar-refractivity contribution in [1.82, 2.24) is 0 Å². The minimum Gasteiger partial charge on any atom is -0.362 e. The Morgan fingerprint density at radius 3 is 2.74 bits per heavy atom. The summed E-state index contributed by atoms with van der Waals surface area (Å²) in [4.78, 5) is 0. The van der Waals surface area contributed by atoms with Crippen LogP contribution < -0.4 is 0 Å². The molecule has 4 rings (SSSR count). The zero-order chi connectivity index (χ0) is 16.0. The molecule has 2 atom stereocenters. The summed E-state index contributed by atoms with van der Waals surface area (Å²) in [5.74, 6) is 0. The van der Waals surface area contributed by atoms with Gasteiger partial charge in [-0.05, 0) is 71.6 Å². The molecule has 0 saturated heterocycles. The molecule has 0 aromatic heterocycles. The normalized spacial score (nSPS) is 28.5. The molecule has 0 N–H and O–H groups in total. The van der Waals surface area contributed by atoms with Crippen molar-refractivity contribution in [3.63, 3.8) is 0 Å². The van der Waals surface area contributed by atoms with E-state index in [4.69, 9.17) is 4.74 Å². The summed E-state index contributed by atoms with van der Waals surface area (Å²) in [5.41, 5.74) is 7.66. The van der Waals surface area contributed by atoms with Gasteiger partial charge in [0.1, 0.15) is 0 Å². The lowest BCUT2D eigenvalue weighted by molar-refractivity contribution is 0.0829. The standard InChI is InChI=1S/C22H26O/c1-15-4-5-17(18-12-19-6-7-20(13-18)23-19)14-21(15)16-8-10-22(2,3)11-9-16/h4-8,12,14,19-20H,9-11,13H2,1-3H3/t19-,20+/m1/s1. The van der Waals surface area contributed by atoms with Gasteiger partial charge in [-0.15, -0.1) is 0 Å². The summed E-state index contributed by atoms with van der Waals surface area (Å²) in [7, 11) is 0. The van der Waals surface area contributed by atoms with E-state index < -0.39 is 0 Å². The number of rotatable bonds is 2. The molecule has 0 amide bonds. The van der Waals surface area contributed by atoms with Crippen LogP contribution in [0.1, 0.15) is 56.2 Å². The molecule has 2 aliphatic heterocycles. The van der Waals surface area contributed by atoms with Crippen molar-refractivity contribution in [2.24, 2.45) is 5.41 Å². The van der Waals surface area contributed by atoms with Gasteiger partial charge >= 0.3 is 0 Å². The molecule has 0 spiro atoms. The van der Waals surface area contributed by atoms with Crippen LogP contribution in [0.4, 0.5) is 0 Å². The Morgan fingerprint density at radius 1 is 1.13 bits per heavy atom. The van der Waals surface area contributed by atoms with Gasteiger partial charge in [0.2, 0.25) is 0 Å². The van der Waals surface area contributed by atoms with Crippen LogP contribution in [0, 0.1) is 12.3 Å². The first-order valence-corrected chi connectivity index (χ1v) is 8.85. The molecule has 0 radical (unpaired) electrons. The van der Waals surface area contributed by atoms with Gasteiger partial charge in [-0.3, -0.25) is 0 Å². The number of allylic oxidation sites excluding steroid dienone is 2. The number of aryl methyl sites for hydroxylation is 1. The molecule has 0 fully saturated rings. The fourth-order valence-corrected chi connectivity index (χ4v) is 3.92. The maximum Gasteiger partial charge on any atom is 0.0952 e. The maximum absolute atomic E-state index is 5.84. The van der Waals surface area contributed by atoms with Crippen molar-refractivity contribution >= 4 is 11.1 Å². The van der Waals surface area contributed by atoms with Crippen LogP contribution in [-0.2, 0) is 4.74 Å². The van der Waals surface area contributed by atoms with E-state index >= 15 is 0 Å². The summed E-state index contributed by atoms with van der Waals surface area (Å²) in [6.07, 6.45) is 14.3. The summed E-state index contributed by atoms with van der Waals surface area (Å²) in [5, 5.41) is 0. The van der Waals surface area contributed by atoms with E-state index in [0.29, 0.717) is 5.41 Å². The fourth-order valence-electron chi connectivity index (χ4n) is 3.92. The van der Waals surface area contributed by atoms with Crippen molar-refractivity contribution in [1.29, 1.82) is 0 Å². The molecular weight excluding hydrogens is 280 g/mol. The van der Waals surface area contributed by atoms with Crippen LogP contribution in [0.15, 0.2) is 42.5 Å². The van der Waals surface area contributed by atoms with Crippen molar-refractivity contribution in [3.05, 3.63) is 59.2 Å². The second-order valence-corrected chi connectivity index (χ2v) is 8.05. The lowest BCUT2D eigenvalue weighted by Gasteiger charge is -2.29. The SMILES string of the molecule is Cc1ccc(C2=C[C@H]3C=C[C@@H](C2)O3)cc1C1=CCC(C)(C)CC1. The molecule has 0 unspecified atom stereocenters. The molecule has 120 valence electrons. The second kappa shape index (κ2) is 5.49. The van der Waals surface area contributed by atoms with Gasteiger partial charge in [-0.2, -0.15) is 0 Å². The molecule has 0 saturated carbocycles. The largest absolute Gasteiger partial charge is 0.362 e. The summed E-state index contributed by atoms with van der Waals surface area (Å²) < 4.78 is 5.84. The average Bonchev–Trinajstić information content (AvgIpc) is 2.86. The smallest absolute Gasteiger partial charge is 0.0952 e. The van der Waals surface area contributed by atoms with Crippen molar-refractivity contribution in [2.75, 3.05) is 0 Å². The quantitative estimate of drug-likeness (QED) is 0.637. The van der Waals surface area contributed by atoms with Crippen LogP contribution in [0.25, 0.3) is 11.1 Å². The van der Waals surface area contributed by atoms with E-state index in [1.807, 2.05) is 0 Å². The summed E-state index contributed by atoms with van der Waals surface area (Å²) in [6.45, 7) is 6.99. The van der Waals surface area contributed by atoms with Crippen LogP contribution in [0.5, 0.6) is 0 Å². The van der Waals surface area contributed by atoms with E-state index in [2.05, 4.69) is 63.3 Å². The Bertz CT molecular complexity index is 717.